The van der Waals surface area contributed by atoms with Gasteiger partial charge in [0.25, 0.3) is 0 Å². The van der Waals surface area contributed by atoms with Crippen LogP contribution in [0.3, 0.4) is 0 Å². The molecule has 0 fully saturated rings. The molecule has 0 saturated carbocycles. The van der Waals surface area contributed by atoms with Crippen LogP contribution in [0.1, 0.15) is 22.8 Å². The summed E-state index contributed by atoms with van der Waals surface area (Å²) in [6.45, 7) is 4.62. The van der Waals surface area contributed by atoms with Gasteiger partial charge < -0.3 is 9.30 Å². The number of rotatable bonds is 4. The number of aromatic nitrogens is 1. The fourth-order valence-corrected chi connectivity index (χ4v) is 2.92. The number of ether oxygens (including phenoxy) is 1. The lowest BCUT2D eigenvalue weighted by Crippen LogP contribution is -2.23. The van der Waals surface area contributed by atoms with Gasteiger partial charge >= 0.3 is 5.97 Å². The molecule has 0 aliphatic carbocycles. The summed E-state index contributed by atoms with van der Waals surface area (Å²) in [6.07, 6.45) is 1.49. The molecular formula is C20H12F5NO3. The van der Waals surface area contributed by atoms with Gasteiger partial charge in [-0.2, -0.15) is 0 Å². The number of esters is 1. The lowest BCUT2D eigenvalue weighted by atomic mass is 10.0. The van der Waals surface area contributed by atoms with Gasteiger partial charge in [-0.3, -0.25) is 4.79 Å². The summed E-state index contributed by atoms with van der Waals surface area (Å²) < 4.78 is 76.1. The molecular weight excluding hydrogens is 397 g/mol. The number of fused-ring (bicyclic) bond motifs is 1. The first-order valence-corrected chi connectivity index (χ1v) is 8.23. The summed E-state index contributed by atoms with van der Waals surface area (Å²) in [6, 6.07) is 2.19. The minimum Gasteiger partial charge on any atom is -0.462 e. The van der Waals surface area contributed by atoms with Crippen molar-refractivity contribution in [2.24, 2.45) is 0 Å². The van der Waals surface area contributed by atoms with E-state index < -0.39 is 68.2 Å². The monoisotopic (exact) mass is 409 g/mol. The number of nitrogens with zero attached hydrogens (tertiary/aromatic N) is 1. The van der Waals surface area contributed by atoms with Crippen LogP contribution in [0.5, 0.6) is 0 Å². The highest BCUT2D eigenvalue weighted by Crippen LogP contribution is 2.30. The van der Waals surface area contributed by atoms with Crippen molar-refractivity contribution >= 4 is 22.9 Å². The van der Waals surface area contributed by atoms with Gasteiger partial charge in [0, 0.05) is 17.8 Å². The van der Waals surface area contributed by atoms with Gasteiger partial charge in [0.05, 0.1) is 23.2 Å². The van der Waals surface area contributed by atoms with Gasteiger partial charge in [-0.05, 0) is 19.1 Å². The van der Waals surface area contributed by atoms with Gasteiger partial charge in [-0.1, -0.05) is 12.7 Å². The van der Waals surface area contributed by atoms with E-state index in [-0.39, 0.29) is 6.61 Å². The van der Waals surface area contributed by atoms with Crippen molar-refractivity contribution in [3.63, 3.8) is 0 Å². The SMILES string of the molecule is C=Cc1c(F)c(F)c(F)c2c1c(=O)c(C(=O)OCC)cn2-c1ccc(F)cc1F. The Hall–Kier alpha value is -3.49. The third kappa shape index (κ3) is 3.18. The summed E-state index contributed by atoms with van der Waals surface area (Å²) in [7, 11) is 0. The standard InChI is InChI=1S/C20H12F5NO3/c1-3-10-14-18(17(25)16(24)15(10)23)26(13-6-5-9(21)7-12(13)22)8-11(19(14)27)20(28)29-4-2/h3,5-8H,1,4H2,2H3. The molecule has 1 heterocycles. The van der Waals surface area contributed by atoms with E-state index in [9.17, 15) is 31.5 Å². The molecule has 0 spiro atoms. The molecule has 3 aromatic rings. The molecule has 0 unspecified atom stereocenters. The average Bonchev–Trinajstić information content (AvgIpc) is 2.67. The Kier molecular flexibility index (Phi) is 5.23. The molecule has 9 heteroatoms. The first-order chi connectivity index (χ1) is 13.7. The van der Waals surface area contributed by atoms with E-state index in [0.29, 0.717) is 10.6 Å². The Balaban J connectivity index is 2.61. The van der Waals surface area contributed by atoms with Crippen LogP contribution in [0.4, 0.5) is 22.0 Å². The van der Waals surface area contributed by atoms with Crippen LogP contribution in [0.25, 0.3) is 22.7 Å². The van der Waals surface area contributed by atoms with E-state index in [0.717, 1.165) is 24.4 Å². The van der Waals surface area contributed by atoms with Crippen molar-refractivity contribution in [1.29, 1.82) is 0 Å². The Morgan fingerprint density at radius 3 is 2.41 bits per heavy atom. The van der Waals surface area contributed by atoms with Gasteiger partial charge in [-0.25, -0.2) is 26.7 Å². The second kappa shape index (κ2) is 7.50. The molecule has 0 aliphatic rings. The molecule has 3 rings (SSSR count). The van der Waals surface area contributed by atoms with E-state index in [1.807, 2.05) is 0 Å². The molecule has 29 heavy (non-hydrogen) atoms. The van der Waals surface area contributed by atoms with Crippen LogP contribution in [-0.2, 0) is 4.74 Å². The number of carbonyl (C=O) groups excluding carboxylic acids is 1. The predicted octanol–water partition coefficient (Wildman–Crippen LogP) is 4.51. The van der Waals surface area contributed by atoms with Crippen molar-refractivity contribution in [2.45, 2.75) is 6.92 Å². The number of carbonyl (C=O) groups is 1. The van der Waals surface area contributed by atoms with E-state index in [1.54, 1.807) is 0 Å². The third-order valence-electron chi connectivity index (χ3n) is 4.18. The molecule has 0 amide bonds. The minimum absolute atomic E-state index is 0.123. The first kappa shape index (κ1) is 20.2. The normalized spacial score (nSPS) is 11.0. The molecule has 150 valence electrons. The van der Waals surface area contributed by atoms with Crippen LogP contribution >= 0.6 is 0 Å². The lowest BCUT2D eigenvalue weighted by molar-refractivity contribution is 0.0524. The molecule has 4 nitrogen and oxygen atoms in total. The molecule has 0 bridgehead atoms. The second-order valence-corrected chi connectivity index (χ2v) is 5.84. The summed E-state index contributed by atoms with van der Waals surface area (Å²) >= 11 is 0. The van der Waals surface area contributed by atoms with Crippen molar-refractivity contribution in [3.8, 4) is 5.69 Å². The van der Waals surface area contributed by atoms with E-state index in [4.69, 9.17) is 4.74 Å². The van der Waals surface area contributed by atoms with Crippen LogP contribution in [0.2, 0.25) is 0 Å². The quantitative estimate of drug-likeness (QED) is 0.362. The van der Waals surface area contributed by atoms with Gasteiger partial charge in [0.1, 0.15) is 17.2 Å². The molecule has 0 N–H and O–H groups in total. The molecule has 0 saturated heterocycles. The Labute approximate surface area is 160 Å². The Bertz CT molecular complexity index is 1230. The van der Waals surface area contributed by atoms with Gasteiger partial charge in [0.15, 0.2) is 17.5 Å². The summed E-state index contributed by atoms with van der Waals surface area (Å²) in [5, 5.41) is -0.745. The topological polar surface area (TPSA) is 48.3 Å². The maximum absolute atomic E-state index is 14.7. The second-order valence-electron chi connectivity index (χ2n) is 5.84. The first-order valence-electron chi connectivity index (χ1n) is 8.23. The number of pyridine rings is 1. The van der Waals surface area contributed by atoms with Crippen LogP contribution in [0.15, 0.2) is 35.8 Å². The number of hydrogen-bond donors (Lipinski definition) is 0. The molecule has 1 aromatic heterocycles. The molecule has 0 aliphatic heterocycles. The minimum atomic E-state index is -1.92. The van der Waals surface area contributed by atoms with Crippen LogP contribution in [0, 0.1) is 29.1 Å². The van der Waals surface area contributed by atoms with Gasteiger partial charge in [0.2, 0.25) is 5.43 Å². The highest BCUT2D eigenvalue weighted by atomic mass is 19.2. The molecule has 0 atom stereocenters. The smallest absolute Gasteiger partial charge is 0.343 e. The van der Waals surface area contributed by atoms with Crippen molar-refractivity contribution in [2.75, 3.05) is 6.61 Å². The van der Waals surface area contributed by atoms with Gasteiger partial charge in [-0.15, -0.1) is 0 Å². The zero-order chi connectivity index (χ0) is 21.5. The van der Waals surface area contributed by atoms with Crippen molar-refractivity contribution in [1.82, 2.24) is 4.57 Å². The van der Waals surface area contributed by atoms with E-state index in [1.165, 1.54) is 6.92 Å². The Morgan fingerprint density at radius 1 is 1.14 bits per heavy atom. The fourth-order valence-electron chi connectivity index (χ4n) is 2.92. The zero-order valence-corrected chi connectivity index (χ0v) is 14.9. The van der Waals surface area contributed by atoms with Crippen molar-refractivity contribution in [3.05, 3.63) is 81.4 Å². The summed E-state index contributed by atoms with van der Waals surface area (Å²) in [5.74, 6) is -8.71. The van der Waals surface area contributed by atoms with Crippen LogP contribution < -0.4 is 5.43 Å². The fraction of sp³-hybridized carbons (Fsp3) is 0.100. The summed E-state index contributed by atoms with van der Waals surface area (Å²) in [4.78, 5) is 25.0. The highest BCUT2D eigenvalue weighted by molar-refractivity contribution is 5.97. The number of benzene rings is 2. The van der Waals surface area contributed by atoms with E-state index >= 15 is 0 Å². The van der Waals surface area contributed by atoms with Crippen LogP contribution in [-0.4, -0.2) is 17.1 Å². The largest absolute Gasteiger partial charge is 0.462 e. The highest BCUT2D eigenvalue weighted by Gasteiger charge is 2.27. The third-order valence-corrected chi connectivity index (χ3v) is 4.18. The molecule has 2 aromatic carbocycles. The Morgan fingerprint density at radius 2 is 1.83 bits per heavy atom. The lowest BCUT2D eigenvalue weighted by Gasteiger charge is -2.17. The predicted molar refractivity (Wildman–Crippen MR) is 95.4 cm³/mol. The number of hydrogen-bond acceptors (Lipinski definition) is 3. The average molecular weight is 409 g/mol. The number of halogens is 5. The maximum atomic E-state index is 14.7. The van der Waals surface area contributed by atoms with E-state index in [2.05, 4.69) is 6.58 Å². The zero-order valence-electron chi connectivity index (χ0n) is 14.9. The maximum Gasteiger partial charge on any atom is 0.343 e. The van der Waals surface area contributed by atoms with Crippen molar-refractivity contribution < 1.29 is 31.5 Å². The summed E-state index contributed by atoms with van der Waals surface area (Å²) in [5.41, 5.74) is -3.92. The molecule has 0 radical (unpaired) electrons.